The number of carbonyl (C=O) groups is 1. The van der Waals surface area contributed by atoms with Crippen molar-refractivity contribution in [1.29, 1.82) is 5.26 Å². The number of benzene rings is 1. The number of fused-ring (bicyclic) bond motifs is 3. The quantitative estimate of drug-likeness (QED) is 0.890. The number of nitriles is 1. The van der Waals surface area contributed by atoms with Gasteiger partial charge >= 0.3 is 6.09 Å². The maximum atomic E-state index is 13.5. The van der Waals surface area contributed by atoms with Gasteiger partial charge in [0.2, 0.25) is 0 Å². The summed E-state index contributed by atoms with van der Waals surface area (Å²) < 4.78 is 19.3. The molecular weight excluding hydrogens is 355 g/mol. The number of thiazole rings is 1. The molecule has 0 radical (unpaired) electrons. The Morgan fingerprint density at radius 2 is 2.08 bits per heavy atom. The minimum absolute atomic E-state index is 0.0442. The Morgan fingerprint density at radius 1 is 1.35 bits per heavy atom. The van der Waals surface area contributed by atoms with Crippen LogP contribution in [-0.2, 0) is 4.74 Å². The number of nitrogens with one attached hydrogen (secondary N) is 1. The van der Waals surface area contributed by atoms with E-state index < -0.39 is 11.9 Å². The third-order valence-corrected chi connectivity index (χ3v) is 5.97. The van der Waals surface area contributed by atoms with Gasteiger partial charge < -0.3 is 9.64 Å². The zero-order chi connectivity index (χ0) is 18.1. The van der Waals surface area contributed by atoms with Gasteiger partial charge in [-0.3, -0.25) is 5.32 Å². The fourth-order valence-electron chi connectivity index (χ4n) is 3.56. The van der Waals surface area contributed by atoms with E-state index in [2.05, 4.69) is 15.2 Å². The van der Waals surface area contributed by atoms with Crippen molar-refractivity contribution in [3.63, 3.8) is 0 Å². The first-order valence-electron chi connectivity index (χ1n) is 8.44. The number of halogens is 1. The van der Waals surface area contributed by atoms with Crippen LogP contribution in [0.25, 0.3) is 10.4 Å². The Balaban J connectivity index is 1.50. The molecule has 0 unspecified atom stereocenters. The van der Waals surface area contributed by atoms with Gasteiger partial charge in [0.1, 0.15) is 17.5 Å². The zero-order valence-electron chi connectivity index (χ0n) is 14.0. The van der Waals surface area contributed by atoms with Gasteiger partial charge in [-0.1, -0.05) is 6.07 Å². The predicted octanol–water partition coefficient (Wildman–Crippen LogP) is 3.61. The smallest absolute Gasteiger partial charge is 0.413 e. The summed E-state index contributed by atoms with van der Waals surface area (Å²) in [4.78, 5) is 19.6. The molecule has 3 saturated heterocycles. The van der Waals surface area contributed by atoms with Gasteiger partial charge in [-0.05, 0) is 17.7 Å². The monoisotopic (exact) mass is 372 g/mol. The van der Waals surface area contributed by atoms with Crippen LogP contribution in [-0.4, -0.2) is 41.2 Å². The third-order valence-electron chi connectivity index (χ3n) is 5.10. The Kier molecular flexibility index (Phi) is 4.34. The van der Waals surface area contributed by atoms with Gasteiger partial charge in [0.05, 0.1) is 16.0 Å². The van der Waals surface area contributed by atoms with E-state index in [-0.39, 0.29) is 11.2 Å². The minimum Gasteiger partial charge on any atom is -0.443 e. The summed E-state index contributed by atoms with van der Waals surface area (Å²) in [5.74, 6) is -0.211. The molecule has 0 atom stereocenters. The van der Waals surface area contributed by atoms with Crippen LogP contribution in [0.4, 0.5) is 15.0 Å². The lowest BCUT2D eigenvalue weighted by Gasteiger charge is -2.47. The summed E-state index contributed by atoms with van der Waals surface area (Å²) in [6, 6.07) is 6.08. The molecule has 3 aliphatic rings. The van der Waals surface area contributed by atoms with Crippen molar-refractivity contribution in [2.75, 3.05) is 25.0 Å². The lowest BCUT2D eigenvalue weighted by molar-refractivity contribution is -0.0742. The van der Waals surface area contributed by atoms with Crippen LogP contribution in [0.3, 0.4) is 0 Å². The maximum absolute atomic E-state index is 13.5. The number of ether oxygens (including phenoxy) is 1. The molecule has 1 aromatic carbocycles. The first-order valence-corrected chi connectivity index (χ1v) is 9.32. The molecule has 4 heterocycles. The highest BCUT2D eigenvalue weighted by Gasteiger charge is 2.42. The fraction of sp³-hybridized carbons (Fsp3) is 0.389. The molecule has 8 heteroatoms. The van der Waals surface area contributed by atoms with Crippen LogP contribution in [0.2, 0.25) is 0 Å². The number of nitrogens with zero attached hydrogens (tertiary/aromatic N) is 3. The molecule has 1 amide bonds. The zero-order valence-corrected chi connectivity index (χ0v) is 14.8. The third kappa shape index (κ3) is 3.16. The molecule has 0 spiro atoms. The van der Waals surface area contributed by atoms with Crippen LogP contribution in [0.15, 0.2) is 23.7 Å². The molecule has 0 aliphatic carbocycles. The van der Waals surface area contributed by atoms with Crippen molar-refractivity contribution >= 4 is 23.2 Å². The average molecular weight is 372 g/mol. The van der Waals surface area contributed by atoms with E-state index in [0.29, 0.717) is 16.3 Å². The Morgan fingerprint density at radius 3 is 2.77 bits per heavy atom. The molecule has 26 heavy (non-hydrogen) atoms. The first-order chi connectivity index (χ1) is 12.6. The van der Waals surface area contributed by atoms with Crippen LogP contribution >= 0.6 is 11.3 Å². The SMILES string of the molecule is N#Cc1cc(-c2scnc2NC(=O)OC23CCN(CC2)CC3)ccc1F. The van der Waals surface area contributed by atoms with E-state index in [1.165, 1.54) is 23.5 Å². The molecule has 3 fully saturated rings. The summed E-state index contributed by atoms with van der Waals surface area (Å²) in [7, 11) is 0. The van der Waals surface area contributed by atoms with Gasteiger partial charge in [-0.15, -0.1) is 11.3 Å². The average Bonchev–Trinajstić information content (AvgIpc) is 3.11. The maximum Gasteiger partial charge on any atom is 0.413 e. The van der Waals surface area contributed by atoms with Crippen LogP contribution in [0, 0.1) is 17.1 Å². The lowest BCUT2D eigenvalue weighted by Crippen LogP contribution is -2.54. The van der Waals surface area contributed by atoms with Crippen molar-refractivity contribution in [2.24, 2.45) is 0 Å². The summed E-state index contributed by atoms with van der Waals surface area (Å²) in [5, 5.41) is 11.7. The van der Waals surface area contributed by atoms with Gasteiger partial charge in [-0.25, -0.2) is 14.2 Å². The number of carbonyl (C=O) groups excluding carboxylic acids is 1. The Bertz CT molecular complexity index is 870. The number of hydrogen-bond donors (Lipinski definition) is 1. The van der Waals surface area contributed by atoms with Crippen LogP contribution in [0.1, 0.15) is 24.8 Å². The highest BCUT2D eigenvalue weighted by atomic mass is 32.1. The number of aromatic nitrogens is 1. The van der Waals surface area contributed by atoms with Crippen molar-refractivity contribution in [1.82, 2.24) is 9.88 Å². The van der Waals surface area contributed by atoms with E-state index >= 15 is 0 Å². The molecule has 2 aromatic rings. The van der Waals surface area contributed by atoms with Crippen molar-refractivity contribution in [3.8, 4) is 16.5 Å². The van der Waals surface area contributed by atoms with Crippen molar-refractivity contribution < 1.29 is 13.9 Å². The molecule has 6 nitrogen and oxygen atoms in total. The predicted molar refractivity (Wildman–Crippen MR) is 95.3 cm³/mol. The summed E-state index contributed by atoms with van der Waals surface area (Å²) in [6.45, 7) is 2.88. The van der Waals surface area contributed by atoms with Crippen molar-refractivity contribution in [2.45, 2.75) is 24.9 Å². The lowest BCUT2D eigenvalue weighted by atomic mass is 9.83. The van der Waals surface area contributed by atoms with Gasteiger partial charge in [-0.2, -0.15) is 5.26 Å². The highest BCUT2D eigenvalue weighted by molar-refractivity contribution is 7.13. The molecule has 3 aliphatic heterocycles. The van der Waals surface area contributed by atoms with Gasteiger partial charge in [0.15, 0.2) is 5.82 Å². The van der Waals surface area contributed by atoms with E-state index in [1.807, 2.05) is 6.07 Å². The summed E-state index contributed by atoms with van der Waals surface area (Å²) in [5.41, 5.74) is 1.80. The normalized spacial score (nSPS) is 24.1. The molecule has 1 N–H and O–H groups in total. The second kappa shape index (κ2) is 6.67. The number of rotatable bonds is 3. The molecular formula is C18H17FN4O2S. The van der Waals surface area contributed by atoms with Crippen LogP contribution < -0.4 is 5.32 Å². The van der Waals surface area contributed by atoms with Gasteiger partial charge in [0.25, 0.3) is 0 Å². The molecule has 1 aromatic heterocycles. The minimum atomic E-state index is -0.572. The Labute approximate surface area is 154 Å². The highest BCUT2D eigenvalue weighted by Crippen LogP contribution is 2.36. The standard InChI is InChI=1S/C18H17FN4O2S/c19-14-2-1-12(9-13(14)10-20)15-16(21-11-26-15)22-17(24)25-18-3-6-23(7-4-18)8-5-18/h1-2,9,11H,3-8H2,(H,22,24). The molecule has 0 saturated carbocycles. The van der Waals surface area contributed by atoms with Crippen LogP contribution in [0.5, 0.6) is 0 Å². The summed E-state index contributed by atoms with van der Waals surface area (Å²) >= 11 is 1.31. The van der Waals surface area contributed by atoms with E-state index in [0.717, 1.165) is 38.9 Å². The fourth-order valence-corrected chi connectivity index (χ4v) is 4.30. The summed E-state index contributed by atoms with van der Waals surface area (Å²) in [6.07, 6.45) is 2.05. The largest absolute Gasteiger partial charge is 0.443 e. The van der Waals surface area contributed by atoms with E-state index in [1.54, 1.807) is 11.6 Å². The van der Waals surface area contributed by atoms with Crippen molar-refractivity contribution in [3.05, 3.63) is 35.1 Å². The Hall–Kier alpha value is -2.50. The molecule has 2 bridgehead atoms. The second-order valence-electron chi connectivity index (χ2n) is 6.63. The number of piperidine rings is 3. The number of amides is 1. The topological polar surface area (TPSA) is 78.2 Å². The molecule has 134 valence electrons. The van der Waals surface area contributed by atoms with E-state index in [4.69, 9.17) is 10.00 Å². The number of hydrogen-bond acceptors (Lipinski definition) is 6. The number of anilines is 1. The van der Waals surface area contributed by atoms with Gasteiger partial charge in [0, 0.05) is 38.9 Å². The van der Waals surface area contributed by atoms with E-state index in [9.17, 15) is 9.18 Å². The second-order valence-corrected chi connectivity index (χ2v) is 7.48. The first kappa shape index (κ1) is 16.9. The molecule has 5 rings (SSSR count).